The first-order valence-corrected chi connectivity index (χ1v) is 9.93. The zero-order valence-corrected chi connectivity index (χ0v) is 15.7. The third-order valence-electron chi connectivity index (χ3n) is 5.73. The Hall–Kier alpha value is -1.94. The highest BCUT2D eigenvalue weighted by Gasteiger charge is 2.32. The summed E-state index contributed by atoms with van der Waals surface area (Å²) in [4.78, 5) is 22.6. The molecule has 0 radical (unpaired) electrons. The van der Waals surface area contributed by atoms with E-state index in [4.69, 9.17) is 11.6 Å². The molecular weight excluding hydrogens is 346 g/mol. The van der Waals surface area contributed by atoms with Gasteiger partial charge in [0.2, 0.25) is 5.91 Å². The highest BCUT2D eigenvalue weighted by Crippen LogP contribution is 2.34. The van der Waals surface area contributed by atoms with E-state index < -0.39 is 0 Å². The number of aromatic nitrogens is 2. The van der Waals surface area contributed by atoms with Crippen LogP contribution in [0, 0.1) is 5.92 Å². The molecule has 26 heavy (non-hydrogen) atoms. The number of amides is 1. The van der Waals surface area contributed by atoms with Crippen molar-refractivity contribution in [1.82, 2.24) is 14.9 Å². The summed E-state index contributed by atoms with van der Waals surface area (Å²) in [6.45, 7) is 0.948. The summed E-state index contributed by atoms with van der Waals surface area (Å²) in [5, 5.41) is 0.799. The fraction of sp³-hybridized carbons (Fsp3) is 0.476. The number of likely N-dealkylation sites (tertiary alicyclic amines) is 1. The standard InChI is InChI=1S/C21H24ClN3O/c22-19-13-17(20-14-23-8-9-24-20)7-6-16(19)11-15-3-1-4-18(12-15)25-10-2-5-21(25)26/h6-9,13-15,18H,1-5,10-12H2. The van der Waals surface area contributed by atoms with Crippen molar-refractivity contribution < 1.29 is 4.79 Å². The van der Waals surface area contributed by atoms with E-state index in [1.807, 2.05) is 6.07 Å². The second-order valence-corrected chi connectivity index (χ2v) is 7.89. The first kappa shape index (κ1) is 17.5. The average Bonchev–Trinajstić information content (AvgIpc) is 3.10. The van der Waals surface area contributed by atoms with Crippen LogP contribution >= 0.6 is 11.6 Å². The summed E-state index contributed by atoms with van der Waals surface area (Å²) in [5.41, 5.74) is 3.03. The Kier molecular flexibility index (Phi) is 5.21. The molecule has 2 heterocycles. The zero-order valence-electron chi connectivity index (χ0n) is 14.9. The molecule has 0 bridgehead atoms. The maximum Gasteiger partial charge on any atom is 0.222 e. The van der Waals surface area contributed by atoms with Crippen molar-refractivity contribution in [2.45, 2.75) is 51.0 Å². The molecule has 136 valence electrons. The number of benzene rings is 1. The van der Waals surface area contributed by atoms with Crippen LogP contribution in [0.25, 0.3) is 11.3 Å². The van der Waals surface area contributed by atoms with Gasteiger partial charge in [0.25, 0.3) is 0 Å². The van der Waals surface area contributed by atoms with Gasteiger partial charge in [0.05, 0.1) is 11.9 Å². The van der Waals surface area contributed by atoms with Crippen LogP contribution in [-0.2, 0) is 11.2 Å². The Labute approximate surface area is 159 Å². The second-order valence-electron chi connectivity index (χ2n) is 7.48. The number of carbonyl (C=O) groups excluding carboxylic acids is 1. The van der Waals surface area contributed by atoms with Crippen molar-refractivity contribution in [2.75, 3.05) is 6.54 Å². The van der Waals surface area contributed by atoms with Crippen molar-refractivity contribution in [1.29, 1.82) is 0 Å². The number of carbonyl (C=O) groups is 1. The van der Waals surface area contributed by atoms with Gasteiger partial charge in [-0.3, -0.25) is 14.8 Å². The number of hydrogen-bond acceptors (Lipinski definition) is 3. The molecule has 2 unspecified atom stereocenters. The van der Waals surface area contributed by atoms with Crippen LogP contribution in [0.1, 0.15) is 44.1 Å². The minimum Gasteiger partial charge on any atom is -0.340 e. The molecular formula is C21H24ClN3O. The maximum absolute atomic E-state index is 12.1. The SMILES string of the molecule is O=C1CCCN1C1CCCC(Cc2ccc(-c3cnccn3)cc2Cl)C1. The van der Waals surface area contributed by atoms with Crippen molar-refractivity contribution in [3.63, 3.8) is 0 Å². The lowest BCUT2D eigenvalue weighted by Gasteiger charge is -2.35. The minimum absolute atomic E-state index is 0.349. The molecule has 0 spiro atoms. The molecule has 2 fully saturated rings. The highest BCUT2D eigenvalue weighted by molar-refractivity contribution is 6.31. The normalized spacial score (nSPS) is 23.4. The third kappa shape index (κ3) is 3.75. The molecule has 2 atom stereocenters. The molecule has 1 amide bonds. The molecule has 4 nitrogen and oxygen atoms in total. The smallest absolute Gasteiger partial charge is 0.222 e. The molecule has 2 aromatic rings. The van der Waals surface area contributed by atoms with Gasteiger partial charge < -0.3 is 4.90 Å². The Morgan fingerprint density at radius 2 is 2.12 bits per heavy atom. The molecule has 2 aliphatic rings. The molecule has 1 aliphatic carbocycles. The molecule has 1 aromatic carbocycles. The molecule has 5 heteroatoms. The lowest BCUT2D eigenvalue weighted by molar-refractivity contribution is -0.130. The number of rotatable bonds is 4. The van der Waals surface area contributed by atoms with Gasteiger partial charge in [0.1, 0.15) is 0 Å². The summed E-state index contributed by atoms with van der Waals surface area (Å²) in [6, 6.07) is 6.62. The van der Waals surface area contributed by atoms with E-state index >= 15 is 0 Å². The number of halogens is 1. The molecule has 4 rings (SSSR count). The van der Waals surface area contributed by atoms with Gasteiger partial charge >= 0.3 is 0 Å². The Balaban J connectivity index is 1.44. The number of nitrogens with zero attached hydrogens (tertiary/aromatic N) is 3. The lowest BCUT2D eigenvalue weighted by Crippen LogP contribution is -2.39. The van der Waals surface area contributed by atoms with Crippen LogP contribution in [0.2, 0.25) is 5.02 Å². The maximum atomic E-state index is 12.1. The van der Waals surface area contributed by atoms with E-state index in [1.165, 1.54) is 18.4 Å². The van der Waals surface area contributed by atoms with Crippen LogP contribution in [-0.4, -0.2) is 33.4 Å². The van der Waals surface area contributed by atoms with Crippen LogP contribution in [0.3, 0.4) is 0 Å². The van der Waals surface area contributed by atoms with Gasteiger partial charge in [-0.25, -0.2) is 0 Å². The van der Waals surface area contributed by atoms with Crippen molar-refractivity contribution in [3.05, 3.63) is 47.4 Å². The Morgan fingerprint density at radius 1 is 1.19 bits per heavy atom. The second kappa shape index (κ2) is 7.75. The van der Waals surface area contributed by atoms with Gasteiger partial charge in [-0.1, -0.05) is 30.2 Å². The van der Waals surface area contributed by atoms with E-state index in [1.54, 1.807) is 18.6 Å². The lowest BCUT2D eigenvalue weighted by atomic mass is 9.81. The predicted octanol–water partition coefficient (Wildman–Crippen LogP) is 4.52. The monoisotopic (exact) mass is 369 g/mol. The van der Waals surface area contributed by atoms with Crippen molar-refractivity contribution in [3.8, 4) is 11.3 Å². The highest BCUT2D eigenvalue weighted by atomic mass is 35.5. The van der Waals surface area contributed by atoms with Crippen LogP contribution in [0.4, 0.5) is 0 Å². The summed E-state index contributed by atoms with van der Waals surface area (Å²) >= 11 is 6.57. The summed E-state index contributed by atoms with van der Waals surface area (Å²) < 4.78 is 0. The Bertz CT molecular complexity index is 780. The summed E-state index contributed by atoms with van der Waals surface area (Å²) in [6.07, 6.45) is 12.5. The van der Waals surface area contributed by atoms with Gasteiger partial charge in [0, 0.05) is 42.0 Å². The fourth-order valence-corrected chi connectivity index (χ4v) is 4.68. The number of hydrogen-bond donors (Lipinski definition) is 0. The molecule has 1 aliphatic heterocycles. The average molecular weight is 370 g/mol. The zero-order chi connectivity index (χ0) is 17.9. The van der Waals surface area contributed by atoms with E-state index in [0.29, 0.717) is 17.9 Å². The largest absolute Gasteiger partial charge is 0.340 e. The van der Waals surface area contributed by atoms with Crippen LogP contribution in [0.15, 0.2) is 36.8 Å². The Morgan fingerprint density at radius 3 is 2.85 bits per heavy atom. The van der Waals surface area contributed by atoms with E-state index in [2.05, 4.69) is 27.0 Å². The van der Waals surface area contributed by atoms with Gasteiger partial charge in [-0.15, -0.1) is 0 Å². The van der Waals surface area contributed by atoms with E-state index in [-0.39, 0.29) is 0 Å². The van der Waals surface area contributed by atoms with Crippen molar-refractivity contribution in [2.24, 2.45) is 5.92 Å². The van der Waals surface area contributed by atoms with E-state index in [9.17, 15) is 4.79 Å². The fourth-order valence-electron chi connectivity index (χ4n) is 4.42. The topological polar surface area (TPSA) is 46.1 Å². The molecule has 1 saturated carbocycles. The summed E-state index contributed by atoms with van der Waals surface area (Å²) in [7, 11) is 0. The van der Waals surface area contributed by atoms with Gasteiger partial charge in [-0.05, 0) is 49.7 Å². The first-order chi connectivity index (χ1) is 12.7. The van der Waals surface area contributed by atoms with Gasteiger partial charge in [0.15, 0.2) is 0 Å². The van der Waals surface area contributed by atoms with Crippen LogP contribution < -0.4 is 0 Å². The minimum atomic E-state index is 0.349. The predicted molar refractivity (Wildman–Crippen MR) is 103 cm³/mol. The van der Waals surface area contributed by atoms with Crippen molar-refractivity contribution >= 4 is 17.5 Å². The molecule has 0 N–H and O–H groups in total. The van der Waals surface area contributed by atoms with E-state index in [0.717, 1.165) is 54.9 Å². The first-order valence-electron chi connectivity index (χ1n) is 9.55. The molecule has 1 aromatic heterocycles. The third-order valence-corrected chi connectivity index (χ3v) is 6.08. The molecule has 1 saturated heterocycles. The quantitative estimate of drug-likeness (QED) is 0.795. The van der Waals surface area contributed by atoms with Crippen LogP contribution in [0.5, 0.6) is 0 Å². The summed E-state index contributed by atoms with van der Waals surface area (Å²) in [5.74, 6) is 0.948. The van der Waals surface area contributed by atoms with Gasteiger partial charge in [-0.2, -0.15) is 0 Å².